The molecule has 0 atom stereocenters. The fraction of sp³-hybridized carbons (Fsp3) is 0.562. The summed E-state index contributed by atoms with van der Waals surface area (Å²) in [5.41, 5.74) is 2.39. The second kappa shape index (κ2) is 6.87. The van der Waals surface area contributed by atoms with Crippen LogP contribution in [0, 0.1) is 6.92 Å². The Labute approximate surface area is 131 Å². The van der Waals surface area contributed by atoms with Crippen molar-refractivity contribution in [1.29, 1.82) is 0 Å². The Hall–Kier alpha value is -1.95. The molecule has 1 aliphatic rings. The Bertz CT molecular complexity index is 621. The summed E-state index contributed by atoms with van der Waals surface area (Å²) in [5, 5.41) is 8.00. The highest BCUT2D eigenvalue weighted by Gasteiger charge is 2.17. The van der Waals surface area contributed by atoms with Gasteiger partial charge in [-0.3, -0.25) is 9.58 Å². The summed E-state index contributed by atoms with van der Waals surface area (Å²) >= 11 is 0. The van der Waals surface area contributed by atoms with Crippen LogP contribution in [-0.4, -0.2) is 37.7 Å². The van der Waals surface area contributed by atoms with Crippen molar-refractivity contribution in [3.05, 3.63) is 35.5 Å². The van der Waals surface area contributed by atoms with Crippen LogP contribution < -0.4 is 5.32 Å². The Morgan fingerprint density at radius 2 is 2.23 bits per heavy atom. The minimum Gasteiger partial charge on any atom is -0.364 e. The monoisotopic (exact) mass is 300 g/mol. The number of nitrogens with zero attached hydrogens (tertiary/aromatic N) is 5. The van der Waals surface area contributed by atoms with Gasteiger partial charge in [0.05, 0.1) is 24.5 Å². The molecular formula is C16H24N6. The first-order chi connectivity index (χ1) is 10.7. The van der Waals surface area contributed by atoms with E-state index in [1.807, 2.05) is 13.0 Å². The largest absolute Gasteiger partial charge is 0.364 e. The van der Waals surface area contributed by atoms with E-state index < -0.39 is 0 Å². The molecule has 0 fully saturated rings. The zero-order chi connectivity index (χ0) is 15.4. The lowest BCUT2D eigenvalue weighted by Crippen LogP contribution is -2.34. The zero-order valence-corrected chi connectivity index (χ0v) is 13.4. The van der Waals surface area contributed by atoms with E-state index in [9.17, 15) is 0 Å². The SMILES string of the molecule is CCCCN1CCn2nc(CNc3ccnc(C)n3)cc2C1. The molecule has 2 aromatic rings. The summed E-state index contributed by atoms with van der Waals surface area (Å²) < 4.78 is 2.14. The number of unbranched alkanes of at least 4 members (excludes halogenated alkanes) is 1. The van der Waals surface area contributed by atoms with Crippen LogP contribution in [0.25, 0.3) is 0 Å². The third kappa shape index (κ3) is 3.62. The lowest BCUT2D eigenvalue weighted by molar-refractivity contribution is 0.210. The van der Waals surface area contributed by atoms with Crippen molar-refractivity contribution in [2.24, 2.45) is 0 Å². The first-order valence-corrected chi connectivity index (χ1v) is 8.06. The fourth-order valence-corrected chi connectivity index (χ4v) is 2.77. The summed E-state index contributed by atoms with van der Waals surface area (Å²) in [7, 11) is 0. The average Bonchev–Trinajstić information content (AvgIpc) is 2.93. The Morgan fingerprint density at radius 3 is 3.05 bits per heavy atom. The number of nitrogens with one attached hydrogen (secondary N) is 1. The van der Waals surface area contributed by atoms with Crippen molar-refractivity contribution >= 4 is 5.82 Å². The van der Waals surface area contributed by atoms with Gasteiger partial charge in [-0.2, -0.15) is 5.10 Å². The minimum atomic E-state index is 0.700. The molecule has 6 nitrogen and oxygen atoms in total. The number of fused-ring (bicyclic) bond motifs is 1. The second-order valence-electron chi connectivity index (χ2n) is 5.82. The summed E-state index contributed by atoms with van der Waals surface area (Å²) in [6.45, 7) is 9.14. The molecule has 118 valence electrons. The van der Waals surface area contributed by atoms with Crippen molar-refractivity contribution in [1.82, 2.24) is 24.6 Å². The number of hydrogen-bond donors (Lipinski definition) is 1. The number of hydrogen-bond acceptors (Lipinski definition) is 5. The van der Waals surface area contributed by atoms with E-state index in [0.29, 0.717) is 6.54 Å². The molecule has 22 heavy (non-hydrogen) atoms. The molecule has 0 saturated carbocycles. The predicted octanol–water partition coefficient (Wildman–Crippen LogP) is 2.21. The van der Waals surface area contributed by atoms with Crippen LogP contribution in [0.1, 0.15) is 37.0 Å². The van der Waals surface area contributed by atoms with E-state index >= 15 is 0 Å². The van der Waals surface area contributed by atoms with Gasteiger partial charge in [0.25, 0.3) is 0 Å². The van der Waals surface area contributed by atoms with Crippen LogP contribution in [0.5, 0.6) is 0 Å². The van der Waals surface area contributed by atoms with Crippen molar-refractivity contribution in [2.45, 2.75) is 46.3 Å². The molecule has 0 unspecified atom stereocenters. The molecule has 2 aromatic heterocycles. The highest BCUT2D eigenvalue weighted by molar-refractivity contribution is 5.33. The van der Waals surface area contributed by atoms with Gasteiger partial charge in [0, 0.05) is 19.3 Å². The van der Waals surface area contributed by atoms with Gasteiger partial charge in [-0.15, -0.1) is 0 Å². The van der Waals surface area contributed by atoms with Gasteiger partial charge in [-0.1, -0.05) is 13.3 Å². The molecule has 0 saturated heterocycles. The van der Waals surface area contributed by atoms with Crippen molar-refractivity contribution < 1.29 is 0 Å². The topological polar surface area (TPSA) is 58.9 Å². The summed E-state index contributed by atoms with van der Waals surface area (Å²) in [6, 6.07) is 4.09. The number of anilines is 1. The molecule has 1 aliphatic heterocycles. The number of rotatable bonds is 6. The van der Waals surface area contributed by atoms with Gasteiger partial charge in [0.1, 0.15) is 11.6 Å². The molecule has 0 amide bonds. The highest BCUT2D eigenvalue weighted by atomic mass is 15.3. The van der Waals surface area contributed by atoms with Crippen LogP contribution in [0.4, 0.5) is 5.82 Å². The maximum absolute atomic E-state index is 4.69. The van der Waals surface area contributed by atoms with Crippen LogP contribution in [0.3, 0.4) is 0 Å². The van der Waals surface area contributed by atoms with E-state index in [4.69, 9.17) is 0 Å². The minimum absolute atomic E-state index is 0.700. The lowest BCUT2D eigenvalue weighted by Gasteiger charge is -2.27. The smallest absolute Gasteiger partial charge is 0.129 e. The van der Waals surface area contributed by atoms with Crippen LogP contribution >= 0.6 is 0 Å². The standard InChI is InChI=1S/C16H24N6/c1-3-4-7-21-8-9-22-15(12-21)10-14(20-22)11-18-16-5-6-17-13(2)19-16/h5-6,10H,3-4,7-9,11-12H2,1-2H3,(H,17,18,19). The average molecular weight is 300 g/mol. The molecular weight excluding hydrogens is 276 g/mol. The Morgan fingerprint density at radius 1 is 1.32 bits per heavy atom. The quantitative estimate of drug-likeness (QED) is 0.886. The fourth-order valence-electron chi connectivity index (χ4n) is 2.77. The summed E-state index contributed by atoms with van der Waals surface area (Å²) in [6.07, 6.45) is 4.30. The first kappa shape index (κ1) is 15.0. The normalized spacial score (nSPS) is 14.8. The molecule has 0 aromatic carbocycles. The van der Waals surface area contributed by atoms with Crippen LogP contribution in [-0.2, 0) is 19.6 Å². The molecule has 6 heteroatoms. The van der Waals surface area contributed by atoms with E-state index in [0.717, 1.165) is 37.0 Å². The molecule has 3 rings (SSSR count). The van der Waals surface area contributed by atoms with E-state index in [2.05, 4.69) is 43.0 Å². The summed E-state index contributed by atoms with van der Waals surface area (Å²) in [5.74, 6) is 1.63. The zero-order valence-electron chi connectivity index (χ0n) is 13.4. The van der Waals surface area contributed by atoms with Crippen LogP contribution in [0.15, 0.2) is 18.3 Å². The molecule has 0 bridgehead atoms. The van der Waals surface area contributed by atoms with Crippen molar-refractivity contribution in [3.8, 4) is 0 Å². The maximum atomic E-state index is 4.69. The van der Waals surface area contributed by atoms with Crippen molar-refractivity contribution in [3.63, 3.8) is 0 Å². The Balaban J connectivity index is 1.59. The van der Waals surface area contributed by atoms with E-state index in [1.165, 1.54) is 25.1 Å². The molecule has 0 radical (unpaired) electrons. The summed E-state index contributed by atoms with van der Waals surface area (Å²) in [4.78, 5) is 11.0. The first-order valence-electron chi connectivity index (χ1n) is 8.06. The molecule has 1 N–H and O–H groups in total. The predicted molar refractivity (Wildman–Crippen MR) is 86.5 cm³/mol. The van der Waals surface area contributed by atoms with Gasteiger partial charge < -0.3 is 5.32 Å². The van der Waals surface area contributed by atoms with Gasteiger partial charge in [-0.25, -0.2) is 9.97 Å². The molecule has 3 heterocycles. The van der Waals surface area contributed by atoms with Crippen molar-refractivity contribution in [2.75, 3.05) is 18.4 Å². The van der Waals surface area contributed by atoms with Gasteiger partial charge in [-0.05, 0) is 32.0 Å². The lowest BCUT2D eigenvalue weighted by atomic mass is 10.2. The highest BCUT2D eigenvalue weighted by Crippen LogP contribution is 2.15. The van der Waals surface area contributed by atoms with Gasteiger partial charge >= 0.3 is 0 Å². The van der Waals surface area contributed by atoms with E-state index in [1.54, 1.807) is 6.20 Å². The van der Waals surface area contributed by atoms with E-state index in [-0.39, 0.29) is 0 Å². The third-order valence-electron chi connectivity index (χ3n) is 3.98. The maximum Gasteiger partial charge on any atom is 0.129 e. The molecule has 0 aliphatic carbocycles. The number of aromatic nitrogens is 4. The third-order valence-corrected chi connectivity index (χ3v) is 3.98. The second-order valence-corrected chi connectivity index (χ2v) is 5.82. The van der Waals surface area contributed by atoms with Gasteiger partial charge in [0.2, 0.25) is 0 Å². The molecule has 0 spiro atoms. The Kier molecular flexibility index (Phi) is 4.68. The number of aryl methyl sites for hydroxylation is 1. The van der Waals surface area contributed by atoms with Gasteiger partial charge in [0.15, 0.2) is 0 Å². The van der Waals surface area contributed by atoms with Crippen LogP contribution in [0.2, 0.25) is 0 Å².